The molecule has 41 heavy (non-hydrogen) atoms. The quantitative estimate of drug-likeness (QED) is 0.110. The van der Waals surface area contributed by atoms with Crippen molar-refractivity contribution in [2.45, 2.75) is 103 Å². The summed E-state index contributed by atoms with van der Waals surface area (Å²) in [6.45, 7) is 5.02. The van der Waals surface area contributed by atoms with Gasteiger partial charge in [-0.3, -0.25) is 0 Å². The van der Waals surface area contributed by atoms with Gasteiger partial charge >= 0.3 is 11.9 Å². The zero-order chi connectivity index (χ0) is 29.5. The van der Waals surface area contributed by atoms with E-state index < -0.39 is 23.5 Å². The van der Waals surface area contributed by atoms with Crippen molar-refractivity contribution in [3.05, 3.63) is 54.1 Å². The minimum atomic E-state index is -2.22. The van der Waals surface area contributed by atoms with Gasteiger partial charge < -0.3 is 19.3 Å². The average Bonchev–Trinajstić information content (AvgIpc) is 3.00. The van der Waals surface area contributed by atoms with E-state index in [1.807, 2.05) is 6.92 Å². The second kappa shape index (κ2) is 17.0. The zero-order valence-corrected chi connectivity index (χ0v) is 24.7. The highest BCUT2D eigenvalue weighted by Crippen LogP contribution is 2.40. The normalized spacial score (nSPS) is 16.0. The van der Waals surface area contributed by atoms with Crippen LogP contribution >= 0.6 is 0 Å². The first-order valence-corrected chi connectivity index (χ1v) is 15.5. The molecule has 1 aliphatic carbocycles. The van der Waals surface area contributed by atoms with E-state index in [0.717, 1.165) is 37.9 Å². The number of aliphatic carboxylic acids is 1. The molecule has 0 saturated heterocycles. The van der Waals surface area contributed by atoms with Gasteiger partial charge in [0.1, 0.15) is 17.2 Å². The molecule has 1 saturated carbocycles. The number of carboxylic acid groups (broad SMARTS) is 1. The molecule has 2 aromatic carbocycles. The van der Waals surface area contributed by atoms with Crippen molar-refractivity contribution in [2.24, 2.45) is 11.8 Å². The van der Waals surface area contributed by atoms with Crippen LogP contribution in [0, 0.1) is 11.8 Å². The number of carbonyl (C=O) groups is 2. The van der Waals surface area contributed by atoms with Crippen molar-refractivity contribution < 1.29 is 33.3 Å². The molecule has 2 atom stereocenters. The molecule has 1 N–H and O–H groups in total. The number of benzene rings is 2. The van der Waals surface area contributed by atoms with E-state index in [4.69, 9.17) is 14.2 Å². The molecule has 7 heteroatoms. The highest BCUT2D eigenvalue weighted by molar-refractivity contribution is 5.91. The molecule has 1 unspecified atom stereocenters. The highest BCUT2D eigenvalue weighted by Gasteiger charge is 2.47. The molecule has 6 nitrogen and oxygen atoms in total. The predicted molar refractivity (Wildman–Crippen MR) is 159 cm³/mol. The third-order valence-electron chi connectivity index (χ3n) is 8.15. The second-order valence-electron chi connectivity index (χ2n) is 11.3. The van der Waals surface area contributed by atoms with Gasteiger partial charge in [0.05, 0.1) is 18.8 Å². The van der Waals surface area contributed by atoms with E-state index in [0.29, 0.717) is 42.9 Å². The summed E-state index contributed by atoms with van der Waals surface area (Å²) in [7, 11) is 0. The molecule has 0 aliphatic heterocycles. The van der Waals surface area contributed by atoms with Gasteiger partial charge in [0.25, 0.3) is 0 Å². The van der Waals surface area contributed by atoms with Crippen LogP contribution < -0.4 is 14.2 Å². The average molecular weight is 571 g/mol. The molecule has 0 amide bonds. The van der Waals surface area contributed by atoms with Gasteiger partial charge in [-0.25, -0.2) is 14.0 Å². The van der Waals surface area contributed by atoms with Gasteiger partial charge in [-0.2, -0.15) is 0 Å². The Hall–Kier alpha value is -3.09. The first-order valence-electron chi connectivity index (χ1n) is 15.5. The Labute approximate surface area is 244 Å². The number of hydrogen-bond acceptors (Lipinski definition) is 5. The summed E-state index contributed by atoms with van der Waals surface area (Å²) in [5.41, 5.74) is -1.80. The van der Waals surface area contributed by atoms with Gasteiger partial charge in [-0.15, -0.1) is 0 Å². The van der Waals surface area contributed by atoms with Crippen LogP contribution in [0.5, 0.6) is 17.2 Å². The zero-order valence-electron chi connectivity index (χ0n) is 24.7. The van der Waals surface area contributed by atoms with Crippen LogP contribution in [0.3, 0.4) is 0 Å². The number of hydrogen-bond donors (Lipinski definition) is 1. The van der Waals surface area contributed by atoms with Crippen molar-refractivity contribution in [2.75, 3.05) is 13.2 Å². The molecule has 3 rings (SSSR count). The van der Waals surface area contributed by atoms with Crippen LogP contribution in [-0.4, -0.2) is 35.9 Å². The van der Waals surface area contributed by atoms with Crippen molar-refractivity contribution in [3.63, 3.8) is 0 Å². The van der Waals surface area contributed by atoms with Gasteiger partial charge in [0.15, 0.2) is 0 Å². The van der Waals surface area contributed by atoms with E-state index in [2.05, 4.69) is 6.92 Å². The Morgan fingerprint density at radius 1 is 0.854 bits per heavy atom. The van der Waals surface area contributed by atoms with Crippen LogP contribution in [0.1, 0.15) is 108 Å². The summed E-state index contributed by atoms with van der Waals surface area (Å²) in [6, 6.07) is 13.6. The summed E-state index contributed by atoms with van der Waals surface area (Å²) < 4.78 is 32.9. The lowest BCUT2D eigenvalue weighted by Crippen LogP contribution is -2.44. The topological polar surface area (TPSA) is 82.1 Å². The number of alkyl halides is 1. The maximum Gasteiger partial charge on any atom is 0.343 e. The first kappa shape index (κ1) is 32.4. The fourth-order valence-electron chi connectivity index (χ4n) is 5.47. The standard InChI is InChI=1S/C34H47FO6/c1-3-5-6-7-8-12-23-39-29-17-15-27(16-18-29)32(36)41-31-21-19-30(20-22-31)40-25-26(4-2)24-34(35,33(37)38)28-13-10-9-11-14-28/h15-22,26,28H,3-14,23-25H2,1-2H3,(H,37,38)/t26?,34-/m0/s1. The molecule has 0 heterocycles. The van der Waals surface area contributed by atoms with Crippen LogP contribution in [-0.2, 0) is 4.79 Å². The second-order valence-corrected chi connectivity index (χ2v) is 11.3. The Morgan fingerprint density at radius 2 is 1.44 bits per heavy atom. The van der Waals surface area contributed by atoms with E-state index in [1.165, 1.54) is 25.7 Å². The first-order chi connectivity index (χ1) is 19.9. The minimum absolute atomic E-state index is 0.0535. The van der Waals surface area contributed by atoms with E-state index >= 15 is 4.39 Å². The highest BCUT2D eigenvalue weighted by atomic mass is 19.1. The van der Waals surface area contributed by atoms with Crippen LogP contribution in [0.25, 0.3) is 0 Å². The number of carboxylic acids is 1. The molecule has 226 valence electrons. The fraction of sp³-hybridized carbons (Fsp3) is 0.588. The summed E-state index contributed by atoms with van der Waals surface area (Å²) in [4.78, 5) is 24.5. The third kappa shape index (κ3) is 10.4. The number of carbonyl (C=O) groups excluding carboxylic acids is 1. The Bertz CT molecular complexity index is 1050. The van der Waals surface area contributed by atoms with E-state index in [9.17, 15) is 14.7 Å². The summed E-state index contributed by atoms with van der Waals surface area (Å²) in [5.74, 6) is -0.837. The lowest BCUT2D eigenvalue weighted by atomic mass is 9.74. The summed E-state index contributed by atoms with van der Waals surface area (Å²) >= 11 is 0. The molecular formula is C34H47FO6. The van der Waals surface area contributed by atoms with Crippen LogP contribution in [0.15, 0.2) is 48.5 Å². The van der Waals surface area contributed by atoms with Crippen molar-refractivity contribution in [3.8, 4) is 17.2 Å². The molecule has 0 bridgehead atoms. The predicted octanol–water partition coefficient (Wildman–Crippen LogP) is 8.81. The Kier molecular flexibility index (Phi) is 13.4. The van der Waals surface area contributed by atoms with Gasteiger partial charge in [0.2, 0.25) is 5.67 Å². The third-order valence-corrected chi connectivity index (χ3v) is 8.15. The smallest absolute Gasteiger partial charge is 0.343 e. The minimum Gasteiger partial charge on any atom is -0.494 e. The number of halogens is 1. The Balaban J connectivity index is 1.44. The van der Waals surface area contributed by atoms with Crippen molar-refractivity contribution in [1.29, 1.82) is 0 Å². The lowest BCUT2D eigenvalue weighted by Gasteiger charge is -2.35. The van der Waals surface area contributed by atoms with Gasteiger partial charge in [-0.1, -0.05) is 65.2 Å². The number of rotatable bonds is 18. The molecule has 1 aliphatic rings. The molecule has 0 aromatic heterocycles. The van der Waals surface area contributed by atoms with Crippen molar-refractivity contribution >= 4 is 11.9 Å². The largest absolute Gasteiger partial charge is 0.494 e. The maximum absolute atomic E-state index is 15.7. The molecule has 0 spiro atoms. The fourth-order valence-corrected chi connectivity index (χ4v) is 5.47. The number of unbranched alkanes of at least 4 members (excludes halogenated alkanes) is 5. The maximum atomic E-state index is 15.7. The van der Waals surface area contributed by atoms with Crippen molar-refractivity contribution in [1.82, 2.24) is 0 Å². The summed E-state index contributed by atoms with van der Waals surface area (Å²) in [6.07, 6.45) is 11.8. The molecule has 2 aromatic rings. The number of ether oxygens (including phenoxy) is 3. The number of esters is 1. The van der Waals surface area contributed by atoms with Crippen LogP contribution in [0.2, 0.25) is 0 Å². The molecule has 1 fully saturated rings. The van der Waals surface area contributed by atoms with Crippen LogP contribution in [0.4, 0.5) is 4.39 Å². The van der Waals surface area contributed by atoms with E-state index in [1.54, 1.807) is 48.5 Å². The monoisotopic (exact) mass is 570 g/mol. The van der Waals surface area contributed by atoms with E-state index in [-0.39, 0.29) is 18.9 Å². The SMILES string of the molecule is CCCCCCCCOc1ccc(C(=O)Oc2ccc(OCC(CC)C[C@@](F)(C(=O)O)C3CCCCC3)cc2)cc1. The molecule has 0 radical (unpaired) electrons. The summed E-state index contributed by atoms with van der Waals surface area (Å²) in [5, 5.41) is 9.72. The lowest BCUT2D eigenvalue weighted by molar-refractivity contribution is -0.158. The molecular weight excluding hydrogens is 523 g/mol. The van der Waals surface area contributed by atoms with Gasteiger partial charge in [0, 0.05) is 5.92 Å². The van der Waals surface area contributed by atoms with Gasteiger partial charge in [-0.05, 0) is 86.6 Å². The Morgan fingerprint density at radius 3 is 2.07 bits per heavy atom.